The fourth-order valence-electron chi connectivity index (χ4n) is 2.88. The molecule has 1 amide bonds. The minimum Gasteiger partial charge on any atom is -0.394 e. The summed E-state index contributed by atoms with van der Waals surface area (Å²) in [6.07, 6.45) is 0. The minimum absolute atomic E-state index is 0.0893. The van der Waals surface area contributed by atoms with Crippen molar-refractivity contribution in [3.05, 3.63) is 47.7 Å². The van der Waals surface area contributed by atoms with Crippen molar-refractivity contribution in [2.24, 2.45) is 7.05 Å². The zero-order valence-corrected chi connectivity index (χ0v) is 14.9. The zero-order chi connectivity index (χ0) is 18.1. The number of carbonyl (C=O) groups is 1. The van der Waals surface area contributed by atoms with Crippen LogP contribution in [-0.2, 0) is 7.05 Å². The molecule has 1 aromatic carbocycles. The Morgan fingerprint density at radius 2 is 2.00 bits per heavy atom. The second-order valence-electron chi connectivity index (χ2n) is 6.28. The highest BCUT2D eigenvalue weighted by atomic mass is 16.3. The smallest absolute Gasteiger partial charge is 0.254 e. The largest absolute Gasteiger partial charge is 0.394 e. The molecule has 0 radical (unpaired) electrons. The summed E-state index contributed by atoms with van der Waals surface area (Å²) in [6, 6.07) is 11.3. The Balaban J connectivity index is 2.24. The van der Waals surface area contributed by atoms with Gasteiger partial charge in [-0.1, -0.05) is 30.3 Å². The van der Waals surface area contributed by atoms with E-state index in [0.29, 0.717) is 11.2 Å². The fourth-order valence-corrected chi connectivity index (χ4v) is 2.88. The molecule has 0 aliphatic rings. The Labute approximate surface area is 146 Å². The maximum atomic E-state index is 13.1. The van der Waals surface area contributed by atoms with Gasteiger partial charge in [-0.05, 0) is 19.9 Å². The quantitative estimate of drug-likeness (QED) is 0.793. The highest BCUT2D eigenvalue weighted by Gasteiger charge is 2.23. The first kappa shape index (κ1) is 17.1. The number of aliphatic hydroxyl groups excluding tert-OH is 1. The average Bonchev–Trinajstić information content (AvgIpc) is 2.93. The van der Waals surface area contributed by atoms with Crippen LogP contribution in [0.25, 0.3) is 22.3 Å². The van der Waals surface area contributed by atoms with Gasteiger partial charge in [0.1, 0.15) is 0 Å². The van der Waals surface area contributed by atoms with Gasteiger partial charge in [-0.15, -0.1) is 0 Å². The predicted octanol–water partition coefficient (Wildman–Crippen LogP) is 2.40. The Morgan fingerprint density at radius 1 is 1.32 bits per heavy atom. The molecule has 6 heteroatoms. The van der Waals surface area contributed by atoms with Crippen LogP contribution in [0.15, 0.2) is 36.4 Å². The summed E-state index contributed by atoms with van der Waals surface area (Å²) in [6.45, 7) is 3.59. The number of carbonyl (C=O) groups excluding carboxylic acids is 1. The van der Waals surface area contributed by atoms with E-state index in [1.165, 1.54) is 0 Å². The molecule has 6 nitrogen and oxygen atoms in total. The summed E-state index contributed by atoms with van der Waals surface area (Å²) in [7, 11) is 3.52. The number of aryl methyl sites for hydroxylation is 2. The molecule has 2 heterocycles. The summed E-state index contributed by atoms with van der Waals surface area (Å²) in [4.78, 5) is 19.3. The van der Waals surface area contributed by atoms with Crippen LogP contribution in [0.5, 0.6) is 0 Å². The van der Waals surface area contributed by atoms with Crippen molar-refractivity contribution in [1.82, 2.24) is 19.7 Å². The SMILES string of the molecule is Cc1nn(C)c2nc(-c3ccccc3)cc(C(=O)N(C)C(C)CO)c12. The van der Waals surface area contributed by atoms with Crippen LogP contribution < -0.4 is 0 Å². The highest BCUT2D eigenvalue weighted by Crippen LogP contribution is 2.27. The van der Waals surface area contributed by atoms with Crippen LogP contribution in [0, 0.1) is 6.92 Å². The molecular weight excluding hydrogens is 316 g/mol. The molecule has 3 rings (SSSR count). The molecule has 0 bridgehead atoms. The number of hydrogen-bond donors (Lipinski definition) is 1. The van der Waals surface area contributed by atoms with E-state index in [9.17, 15) is 9.90 Å². The predicted molar refractivity (Wildman–Crippen MR) is 97.3 cm³/mol. The maximum Gasteiger partial charge on any atom is 0.254 e. The number of amides is 1. The van der Waals surface area contributed by atoms with Crippen LogP contribution in [0.4, 0.5) is 0 Å². The van der Waals surface area contributed by atoms with Crippen molar-refractivity contribution in [2.45, 2.75) is 19.9 Å². The third-order valence-corrected chi connectivity index (χ3v) is 4.51. The molecule has 0 fully saturated rings. The van der Waals surface area contributed by atoms with E-state index in [1.54, 1.807) is 16.6 Å². The summed E-state index contributed by atoms with van der Waals surface area (Å²) < 4.78 is 1.70. The van der Waals surface area contributed by atoms with Gasteiger partial charge in [0.25, 0.3) is 5.91 Å². The Bertz CT molecular complexity index is 918. The molecule has 1 N–H and O–H groups in total. The summed E-state index contributed by atoms with van der Waals surface area (Å²) in [5, 5.41) is 14.6. The van der Waals surface area contributed by atoms with E-state index in [-0.39, 0.29) is 18.6 Å². The number of aromatic nitrogens is 3. The van der Waals surface area contributed by atoms with E-state index >= 15 is 0 Å². The minimum atomic E-state index is -0.270. The number of aliphatic hydroxyl groups is 1. The second-order valence-corrected chi connectivity index (χ2v) is 6.28. The van der Waals surface area contributed by atoms with E-state index < -0.39 is 0 Å². The van der Waals surface area contributed by atoms with Crippen molar-refractivity contribution >= 4 is 16.9 Å². The Hall–Kier alpha value is -2.73. The molecule has 0 spiro atoms. The molecular formula is C19H22N4O2. The average molecular weight is 338 g/mol. The molecule has 0 saturated heterocycles. The van der Waals surface area contributed by atoms with Gasteiger partial charge in [-0.25, -0.2) is 4.98 Å². The number of hydrogen-bond acceptors (Lipinski definition) is 4. The van der Waals surface area contributed by atoms with Crippen molar-refractivity contribution in [3.8, 4) is 11.3 Å². The van der Waals surface area contributed by atoms with Crippen LogP contribution in [0.2, 0.25) is 0 Å². The van der Waals surface area contributed by atoms with Gasteiger partial charge in [0.2, 0.25) is 0 Å². The van der Waals surface area contributed by atoms with Crippen molar-refractivity contribution in [2.75, 3.05) is 13.7 Å². The first-order valence-electron chi connectivity index (χ1n) is 8.21. The first-order chi connectivity index (χ1) is 11.9. The van der Waals surface area contributed by atoms with Gasteiger partial charge in [-0.2, -0.15) is 5.10 Å². The van der Waals surface area contributed by atoms with Crippen LogP contribution in [0.3, 0.4) is 0 Å². The molecule has 0 saturated carbocycles. The third-order valence-electron chi connectivity index (χ3n) is 4.51. The van der Waals surface area contributed by atoms with Crippen molar-refractivity contribution in [3.63, 3.8) is 0 Å². The lowest BCUT2D eigenvalue weighted by Gasteiger charge is -2.23. The number of pyridine rings is 1. The van der Waals surface area contributed by atoms with Crippen molar-refractivity contribution in [1.29, 1.82) is 0 Å². The Kier molecular flexibility index (Phi) is 4.55. The van der Waals surface area contributed by atoms with Gasteiger partial charge in [0, 0.05) is 19.7 Å². The lowest BCUT2D eigenvalue weighted by Crippen LogP contribution is -2.37. The molecule has 25 heavy (non-hydrogen) atoms. The monoisotopic (exact) mass is 338 g/mol. The summed E-state index contributed by atoms with van der Waals surface area (Å²) in [5.74, 6) is -0.151. The molecule has 3 aromatic rings. The third kappa shape index (κ3) is 3.00. The molecule has 2 aromatic heterocycles. The van der Waals surface area contributed by atoms with Crippen LogP contribution in [0.1, 0.15) is 23.0 Å². The van der Waals surface area contributed by atoms with E-state index in [4.69, 9.17) is 4.98 Å². The van der Waals surface area contributed by atoms with Gasteiger partial charge >= 0.3 is 0 Å². The van der Waals surface area contributed by atoms with Gasteiger partial charge in [-0.3, -0.25) is 9.48 Å². The number of rotatable bonds is 4. The molecule has 130 valence electrons. The standard InChI is InChI=1S/C19H22N4O2/c1-12(11-24)22(3)19(25)15-10-16(14-8-6-5-7-9-14)20-18-17(15)13(2)21-23(18)4/h5-10,12,24H,11H2,1-4H3. The van der Waals surface area contributed by atoms with Gasteiger partial charge in [0.05, 0.1) is 35.0 Å². The first-order valence-corrected chi connectivity index (χ1v) is 8.21. The summed E-state index contributed by atoms with van der Waals surface area (Å²) in [5.41, 5.74) is 3.65. The molecule has 1 atom stereocenters. The normalized spacial score (nSPS) is 12.4. The molecule has 0 aliphatic carbocycles. The topological polar surface area (TPSA) is 71.2 Å². The molecule has 1 unspecified atom stereocenters. The van der Waals surface area contributed by atoms with Crippen LogP contribution in [-0.4, -0.2) is 50.4 Å². The van der Waals surface area contributed by atoms with Crippen LogP contribution >= 0.6 is 0 Å². The number of benzene rings is 1. The highest BCUT2D eigenvalue weighted by molar-refractivity contribution is 6.07. The van der Waals surface area contributed by atoms with E-state index in [2.05, 4.69) is 5.10 Å². The lowest BCUT2D eigenvalue weighted by atomic mass is 10.0. The lowest BCUT2D eigenvalue weighted by molar-refractivity contribution is 0.0684. The maximum absolute atomic E-state index is 13.1. The zero-order valence-electron chi connectivity index (χ0n) is 14.9. The molecule has 0 aliphatic heterocycles. The van der Waals surface area contributed by atoms with E-state index in [1.807, 2.05) is 57.3 Å². The van der Waals surface area contributed by atoms with Crippen molar-refractivity contribution < 1.29 is 9.90 Å². The number of fused-ring (bicyclic) bond motifs is 1. The fraction of sp³-hybridized carbons (Fsp3) is 0.316. The van der Waals surface area contributed by atoms with Gasteiger partial charge < -0.3 is 10.0 Å². The summed E-state index contributed by atoms with van der Waals surface area (Å²) >= 11 is 0. The number of likely N-dealkylation sites (N-methyl/N-ethyl adjacent to an activating group) is 1. The number of nitrogens with zero attached hydrogens (tertiary/aromatic N) is 4. The van der Waals surface area contributed by atoms with Gasteiger partial charge in [0.15, 0.2) is 5.65 Å². The second kappa shape index (κ2) is 6.64. The van der Waals surface area contributed by atoms with E-state index in [0.717, 1.165) is 22.3 Å². The Morgan fingerprint density at radius 3 is 2.64 bits per heavy atom.